The first-order valence-corrected chi connectivity index (χ1v) is 7.31. The highest BCUT2D eigenvalue weighted by Gasteiger charge is 2.04. The average molecular weight is 316 g/mol. The maximum atomic E-state index is 10.8. The highest BCUT2D eigenvalue weighted by atomic mass is 16.5. The van der Waals surface area contributed by atoms with Crippen LogP contribution < -0.4 is 4.74 Å². The fraction of sp³-hybridized carbons (Fsp3) is 0. The largest absolute Gasteiger partial charge is 0.439 e. The summed E-state index contributed by atoms with van der Waals surface area (Å²) in [6, 6.07) is 14.6. The van der Waals surface area contributed by atoms with Crippen molar-refractivity contribution in [3.63, 3.8) is 0 Å². The Morgan fingerprint density at radius 1 is 1.04 bits per heavy atom. The van der Waals surface area contributed by atoms with Gasteiger partial charge in [0.1, 0.15) is 11.4 Å². The average Bonchev–Trinajstić information content (AvgIpc) is 3.16. The van der Waals surface area contributed by atoms with Crippen LogP contribution in [0.4, 0.5) is 0 Å². The number of ether oxygens (including phenoxy) is 1. The topological polar surface area (TPSA) is 80.8 Å². The first-order chi connectivity index (χ1) is 11.8. The van der Waals surface area contributed by atoms with E-state index in [-0.39, 0.29) is 0 Å². The number of aromatic nitrogens is 4. The van der Waals surface area contributed by atoms with Crippen LogP contribution in [0.3, 0.4) is 0 Å². The van der Waals surface area contributed by atoms with Gasteiger partial charge in [-0.15, -0.1) is 0 Å². The zero-order valence-corrected chi connectivity index (χ0v) is 12.5. The maximum Gasteiger partial charge on any atom is 0.219 e. The van der Waals surface area contributed by atoms with E-state index in [0.29, 0.717) is 17.3 Å². The van der Waals surface area contributed by atoms with E-state index < -0.39 is 0 Å². The summed E-state index contributed by atoms with van der Waals surface area (Å²) in [6.07, 6.45) is 4.15. The van der Waals surface area contributed by atoms with Crippen LogP contribution in [0.2, 0.25) is 0 Å². The lowest BCUT2D eigenvalue weighted by atomic mass is 10.2. The van der Waals surface area contributed by atoms with Crippen molar-refractivity contribution in [2.45, 2.75) is 0 Å². The molecule has 3 aromatic heterocycles. The second kappa shape index (κ2) is 5.92. The number of fused-ring (bicyclic) bond motifs is 1. The standard InChI is InChI=1S/C18H12N4O2/c23-11-14-3-1-12-9-15(4-5-16(12)21-14)24-18-6-2-13(10-19-18)17-7-8-20-22-17/h1-11H,(H,20,22). The second-order valence-corrected chi connectivity index (χ2v) is 5.17. The second-order valence-electron chi connectivity index (χ2n) is 5.17. The highest BCUT2D eigenvalue weighted by Crippen LogP contribution is 2.25. The lowest BCUT2D eigenvalue weighted by molar-refractivity contribution is 0.111. The SMILES string of the molecule is O=Cc1ccc2cc(Oc3ccc(-c4ccn[nH]4)cn3)ccc2n1. The highest BCUT2D eigenvalue weighted by molar-refractivity contribution is 5.84. The first kappa shape index (κ1) is 14.1. The number of nitrogens with one attached hydrogen (secondary N) is 1. The van der Waals surface area contributed by atoms with Gasteiger partial charge < -0.3 is 4.74 Å². The van der Waals surface area contributed by atoms with Gasteiger partial charge in [-0.2, -0.15) is 5.10 Å². The Morgan fingerprint density at radius 2 is 2.00 bits per heavy atom. The van der Waals surface area contributed by atoms with Crippen molar-refractivity contribution in [3.8, 4) is 22.9 Å². The molecule has 0 unspecified atom stereocenters. The lowest BCUT2D eigenvalue weighted by Crippen LogP contribution is -1.90. The van der Waals surface area contributed by atoms with E-state index in [1.54, 1.807) is 30.6 Å². The van der Waals surface area contributed by atoms with E-state index in [9.17, 15) is 4.79 Å². The first-order valence-electron chi connectivity index (χ1n) is 7.31. The number of pyridine rings is 2. The van der Waals surface area contributed by atoms with Gasteiger partial charge >= 0.3 is 0 Å². The third-order valence-electron chi connectivity index (χ3n) is 3.57. The number of carbonyl (C=O) groups is 1. The Morgan fingerprint density at radius 3 is 2.75 bits per heavy atom. The molecule has 0 radical (unpaired) electrons. The molecule has 0 aliphatic carbocycles. The molecule has 0 saturated heterocycles. The fourth-order valence-electron chi connectivity index (χ4n) is 2.39. The van der Waals surface area contributed by atoms with Gasteiger partial charge in [0.25, 0.3) is 0 Å². The molecule has 0 aliphatic rings. The van der Waals surface area contributed by atoms with Gasteiger partial charge in [0.05, 0.1) is 11.2 Å². The summed E-state index contributed by atoms with van der Waals surface area (Å²) in [5.74, 6) is 1.15. The van der Waals surface area contributed by atoms with Crippen molar-refractivity contribution in [1.29, 1.82) is 0 Å². The van der Waals surface area contributed by atoms with E-state index >= 15 is 0 Å². The minimum absolute atomic E-state index is 0.409. The summed E-state index contributed by atoms with van der Waals surface area (Å²) >= 11 is 0. The molecular formula is C18H12N4O2. The van der Waals surface area contributed by atoms with Crippen LogP contribution in [0.5, 0.6) is 11.6 Å². The third kappa shape index (κ3) is 2.72. The van der Waals surface area contributed by atoms with E-state index in [0.717, 1.165) is 28.4 Å². The van der Waals surface area contributed by atoms with E-state index in [4.69, 9.17) is 4.74 Å². The van der Waals surface area contributed by atoms with Gasteiger partial charge in [-0.1, -0.05) is 6.07 Å². The van der Waals surface area contributed by atoms with Crippen molar-refractivity contribution in [3.05, 3.63) is 66.6 Å². The molecule has 6 nitrogen and oxygen atoms in total. The van der Waals surface area contributed by atoms with E-state index in [2.05, 4.69) is 20.2 Å². The predicted octanol–water partition coefficient (Wildman–Crippen LogP) is 3.62. The molecule has 24 heavy (non-hydrogen) atoms. The summed E-state index contributed by atoms with van der Waals surface area (Å²) in [7, 11) is 0. The van der Waals surface area contributed by atoms with Crippen LogP contribution in [0.25, 0.3) is 22.2 Å². The van der Waals surface area contributed by atoms with E-state index in [1.165, 1.54) is 0 Å². The zero-order valence-electron chi connectivity index (χ0n) is 12.5. The summed E-state index contributed by atoms with van der Waals surface area (Å²) in [4.78, 5) is 19.3. The Bertz CT molecular complexity index is 995. The molecule has 0 atom stereocenters. The fourth-order valence-corrected chi connectivity index (χ4v) is 2.39. The minimum Gasteiger partial charge on any atom is -0.439 e. The number of aldehydes is 1. The molecule has 0 spiro atoms. The van der Waals surface area contributed by atoms with E-state index in [1.807, 2.05) is 30.3 Å². The number of rotatable bonds is 4. The van der Waals surface area contributed by atoms with Crippen LogP contribution in [0.1, 0.15) is 10.5 Å². The Kier molecular flexibility index (Phi) is 3.47. The number of aromatic amines is 1. The molecule has 4 rings (SSSR count). The molecule has 1 N–H and O–H groups in total. The van der Waals surface area contributed by atoms with Crippen molar-refractivity contribution < 1.29 is 9.53 Å². The van der Waals surface area contributed by atoms with Crippen molar-refractivity contribution in [2.75, 3.05) is 0 Å². The number of H-pyrrole nitrogens is 1. The molecule has 0 aliphatic heterocycles. The Labute approximate surface area is 137 Å². The smallest absolute Gasteiger partial charge is 0.219 e. The molecule has 0 amide bonds. The number of hydrogen-bond donors (Lipinski definition) is 1. The van der Waals surface area contributed by atoms with Gasteiger partial charge in [0.2, 0.25) is 5.88 Å². The lowest BCUT2D eigenvalue weighted by Gasteiger charge is -2.06. The van der Waals surface area contributed by atoms with Gasteiger partial charge in [-0.3, -0.25) is 9.89 Å². The Hall–Kier alpha value is -3.54. The molecule has 0 bridgehead atoms. The van der Waals surface area contributed by atoms with Crippen LogP contribution >= 0.6 is 0 Å². The number of carbonyl (C=O) groups excluding carboxylic acids is 1. The molecule has 3 heterocycles. The van der Waals surface area contributed by atoms with Gasteiger partial charge in [-0.25, -0.2) is 9.97 Å². The number of benzene rings is 1. The molecule has 0 saturated carbocycles. The van der Waals surface area contributed by atoms with Crippen molar-refractivity contribution >= 4 is 17.2 Å². The van der Waals surface area contributed by atoms with Gasteiger partial charge in [0.15, 0.2) is 6.29 Å². The van der Waals surface area contributed by atoms with Crippen LogP contribution in [0.15, 0.2) is 60.9 Å². The molecular weight excluding hydrogens is 304 g/mol. The summed E-state index contributed by atoms with van der Waals surface area (Å²) in [5, 5.41) is 7.70. The maximum absolute atomic E-state index is 10.8. The molecule has 0 fully saturated rings. The minimum atomic E-state index is 0.409. The molecule has 1 aromatic carbocycles. The third-order valence-corrected chi connectivity index (χ3v) is 3.57. The molecule has 6 heteroatoms. The summed E-state index contributed by atoms with van der Waals surface area (Å²) < 4.78 is 5.78. The summed E-state index contributed by atoms with van der Waals surface area (Å²) in [5.41, 5.74) is 2.99. The Balaban J connectivity index is 1.58. The number of nitrogens with zero attached hydrogens (tertiary/aromatic N) is 3. The zero-order chi connectivity index (χ0) is 16.4. The van der Waals surface area contributed by atoms with Crippen molar-refractivity contribution in [1.82, 2.24) is 20.2 Å². The van der Waals surface area contributed by atoms with Crippen LogP contribution in [-0.4, -0.2) is 26.5 Å². The monoisotopic (exact) mass is 316 g/mol. The number of hydrogen-bond acceptors (Lipinski definition) is 5. The van der Waals surface area contributed by atoms with Gasteiger partial charge in [-0.05, 0) is 36.4 Å². The predicted molar refractivity (Wildman–Crippen MR) is 89.0 cm³/mol. The normalized spacial score (nSPS) is 10.7. The molecule has 4 aromatic rings. The van der Waals surface area contributed by atoms with Crippen LogP contribution in [-0.2, 0) is 0 Å². The summed E-state index contributed by atoms with van der Waals surface area (Å²) in [6.45, 7) is 0. The van der Waals surface area contributed by atoms with Crippen LogP contribution in [0, 0.1) is 0 Å². The van der Waals surface area contributed by atoms with Gasteiger partial charge in [0, 0.05) is 29.4 Å². The quantitative estimate of drug-likeness (QED) is 0.582. The van der Waals surface area contributed by atoms with Crippen molar-refractivity contribution in [2.24, 2.45) is 0 Å². The molecule has 116 valence electrons.